The van der Waals surface area contributed by atoms with Crippen molar-refractivity contribution in [1.29, 1.82) is 0 Å². The van der Waals surface area contributed by atoms with Crippen LogP contribution in [-0.4, -0.2) is 41.5 Å². The van der Waals surface area contributed by atoms with Gasteiger partial charge in [-0.1, -0.05) is 12.1 Å². The molecule has 1 atom stereocenters. The van der Waals surface area contributed by atoms with Gasteiger partial charge in [0.05, 0.1) is 13.0 Å². The number of carbonyl (C=O) groups is 1. The number of methoxy groups -OCH3 is 1. The summed E-state index contributed by atoms with van der Waals surface area (Å²) in [4.78, 5) is 22.2. The molecule has 24 heavy (non-hydrogen) atoms. The molecule has 126 valence electrons. The molecule has 0 bridgehead atoms. The van der Waals surface area contributed by atoms with E-state index in [-0.39, 0.29) is 17.8 Å². The van der Waals surface area contributed by atoms with Gasteiger partial charge in [-0.15, -0.1) is 0 Å². The minimum absolute atomic E-state index is 0.0281. The van der Waals surface area contributed by atoms with Gasteiger partial charge < -0.3 is 20.1 Å². The average molecular weight is 328 g/mol. The van der Waals surface area contributed by atoms with Crippen molar-refractivity contribution in [3.63, 3.8) is 0 Å². The molecule has 2 heterocycles. The first-order chi connectivity index (χ1) is 11.6. The maximum absolute atomic E-state index is 12.7. The number of rotatable bonds is 4. The Morgan fingerprint density at radius 2 is 2.17 bits per heavy atom. The zero-order valence-electron chi connectivity index (χ0n) is 13.7. The predicted molar refractivity (Wildman–Crippen MR) is 88.6 cm³/mol. The lowest BCUT2D eigenvalue weighted by atomic mass is 9.95. The molecule has 0 spiro atoms. The Kier molecular flexibility index (Phi) is 4.50. The van der Waals surface area contributed by atoms with E-state index in [1.165, 1.54) is 0 Å². The van der Waals surface area contributed by atoms with Gasteiger partial charge in [-0.25, -0.2) is 9.97 Å². The minimum atomic E-state index is -0.218. The zero-order valence-corrected chi connectivity index (χ0v) is 13.7. The van der Waals surface area contributed by atoms with Gasteiger partial charge in [0.1, 0.15) is 6.61 Å². The highest BCUT2D eigenvalue weighted by Gasteiger charge is 2.29. The number of nitrogens with two attached hydrogens (primary N) is 1. The molecule has 2 N–H and O–H groups in total. The summed E-state index contributed by atoms with van der Waals surface area (Å²) >= 11 is 0. The van der Waals surface area contributed by atoms with Crippen LogP contribution in [0.4, 0.5) is 5.95 Å². The van der Waals surface area contributed by atoms with E-state index in [0.717, 1.165) is 16.9 Å². The quantitative estimate of drug-likeness (QED) is 0.909. The van der Waals surface area contributed by atoms with Crippen LogP contribution in [0, 0.1) is 5.92 Å². The standard InChI is InChI=1S/C17H20N4O3/c1-21(9-11-7-19-17(18)20-8-11)16(22)13-6-12-4-3-5-14(23-2)15(12)24-10-13/h3-5,7-8,13H,6,9-10H2,1-2H3,(H2,18,19,20)/t13-/m1/s1. The molecule has 0 unspecified atom stereocenters. The molecule has 1 aliphatic heterocycles. The zero-order chi connectivity index (χ0) is 17.1. The second-order valence-corrected chi connectivity index (χ2v) is 5.80. The molecule has 0 aliphatic carbocycles. The van der Waals surface area contributed by atoms with E-state index in [1.54, 1.807) is 31.5 Å². The van der Waals surface area contributed by atoms with E-state index in [1.807, 2.05) is 18.2 Å². The lowest BCUT2D eigenvalue weighted by molar-refractivity contribution is -0.136. The highest BCUT2D eigenvalue weighted by molar-refractivity contribution is 5.79. The molecule has 0 radical (unpaired) electrons. The second kappa shape index (κ2) is 6.74. The van der Waals surface area contributed by atoms with Crippen LogP contribution in [0.5, 0.6) is 11.5 Å². The van der Waals surface area contributed by atoms with Crippen molar-refractivity contribution < 1.29 is 14.3 Å². The molecule has 1 aromatic heterocycles. The van der Waals surface area contributed by atoms with Crippen molar-refractivity contribution in [2.75, 3.05) is 26.5 Å². The molecule has 7 nitrogen and oxygen atoms in total. The van der Waals surface area contributed by atoms with E-state index >= 15 is 0 Å². The third-order valence-electron chi connectivity index (χ3n) is 4.05. The fourth-order valence-electron chi connectivity index (χ4n) is 2.82. The fourth-order valence-corrected chi connectivity index (χ4v) is 2.82. The molecular formula is C17H20N4O3. The Labute approximate surface area is 140 Å². The minimum Gasteiger partial charge on any atom is -0.493 e. The van der Waals surface area contributed by atoms with Crippen LogP contribution < -0.4 is 15.2 Å². The van der Waals surface area contributed by atoms with Crippen LogP contribution in [0.1, 0.15) is 11.1 Å². The Morgan fingerprint density at radius 3 is 2.88 bits per heavy atom. The second-order valence-electron chi connectivity index (χ2n) is 5.80. The third-order valence-corrected chi connectivity index (χ3v) is 4.05. The molecule has 1 aliphatic rings. The maximum atomic E-state index is 12.7. The molecular weight excluding hydrogens is 308 g/mol. The number of anilines is 1. The predicted octanol–water partition coefficient (Wildman–Crippen LogP) is 1.28. The van der Waals surface area contributed by atoms with Crippen molar-refractivity contribution in [3.05, 3.63) is 41.7 Å². The number of carbonyl (C=O) groups excluding carboxylic acids is 1. The number of amides is 1. The van der Waals surface area contributed by atoms with Gasteiger partial charge in [0.2, 0.25) is 11.9 Å². The lowest BCUT2D eigenvalue weighted by Gasteiger charge is -2.29. The Balaban J connectivity index is 1.68. The number of fused-ring (bicyclic) bond motifs is 1. The first kappa shape index (κ1) is 16.0. The smallest absolute Gasteiger partial charge is 0.229 e. The molecule has 7 heteroatoms. The van der Waals surface area contributed by atoms with Crippen LogP contribution in [-0.2, 0) is 17.8 Å². The lowest BCUT2D eigenvalue weighted by Crippen LogP contribution is -2.38. The highest BCUT2D eigenvalue weighted by atomic mass is 16.5. The van der Waals surface area contributed by atoms with Crippen LogP contribution in [0.3, 0.4) is 0 Å². The van der Waals surface area contributed by atoms with Crippen molar-refractivity contribution >= 4 is 11.9 Å². The number of hydrogen-bond acceptors (Lipinski definition) is 6. The summed E-state index contributed by atoms with van der Waals surface area (Å²) in [6, 6.07) is 5.72. The first-order valence-electron chi connectivity index (χ1n) is 7.68. The fraction of sp³-hybridized carbons (Fsp3) is 0.353. The monoisotopic (exact) mass is 328 g/mol. The summed E-state index contributed by atoms with van der Waals surface area (Å²) < 4.78 is 11.1. The number of ether oxygens (including phenoxy) is 2. The first-order valence-corrected chi connectivity index (χ1v) is 7.68. The summed E-state index contributed by atoms with van der Waals surface area (Å²) in [6.07, 6.45) is 3.89. The Hall–Kier alpha value is -2.83. The summed E-state index contributed by atoms with van der Waals surface area (Å²) in [5.74, 6) is 1.47. The largest absolute Gasteiger partial charge is 0.493 e. The normalized spacial score (nSPS) is 16.0. The summed E-state index contributed by atoms with van der Waals surface area (Å²) in [5.41, 5.74) is 7.29. The van der Waals surface area contributed by atoms with Crippen molar-refractivity contribution in [3.8, 4) is 11.5 Å². The maximum Gasteiger partial charge on any atom is 0.229 e. The summed E-state index contributed by atoms with van der Waals surface area (Å²) in [6.45, 7) is 0.773. The summed E-state index contributed by atoms with van der Waals surface area (Å²) in [5, 5.41) is 0. The molecule has 0 saturated carbocycles. The average Bonchev–Trinajstić information content (AvgIpc) is 2.61. The van der Waals surface area contributed by atoms with Crippen molar-refractivity contribution in [2.45, 2.75) is 13.0 Å². The van der Waals surface area contributed by atoms with Gasteiger partial charge in [0, 0.05) is 31.5 Å². The molecule has 1 aromatic carbocycles. The topological polar surface area (TPSA) is 90.6 Å². The van der Waals surface area contributed by atoms with E-state index in [2.05, 4.69) is 9.97 Å². The van der Waals surface area contributed by atoms with Gasteiger partial charge in [-0.05, 0) is 18.1 Å². The number of para-hydroxylation sites is 1. The number of aromatic nitrogens is 2. The third kappa shape index (κ3) is 3.24. The van der Waals surface area contributed by atoms with E-state index in [4.69, 9.17) is 15.2 Å². The van der Waals surface area contributed by atoms with E-state index in [9.17, 15) is 4.79 Å². The molecule has 3 rings (SSSR count). The van der Waals surface area contributed by atoms with Crippen molar-refractivity contribution in [2.24, 2.45) is 5.92 Å². The number of benzene rings is 1. The van der Waals surface area contributed by atoms with Crippen LogP contribution in [0.2, 0.25) is 0 Å². The van der Waals surface area contributed by atoms with Crippen LogP contribution in [0.25, 0.3) is 0 Å². The number of nitrogen functional groups attached to an aromatic ring is 1. The van der Waals surface area contributed by atoms with E-state index < -0.39 is 0 Å². The highest BCUT2D eigenvalue weighted by Crippen LogP contribution is 2.36. The summed E-state index contributed by atoms with van der Waals surface area (Å²) in [7, 11) is 3.37. The van der Waals surface area contributed by atoms with Gasteiger partial charge in [-0.2, -0.15) is 0 Å². The van der Waals surface area contributed by atoms with Crippen LogP contribution in [0.15, 0.2) is 30.6 Å². The number of nitrogens with zero attached hydrogens (tertiary/aromatic N) is 3. The Morgan fingerprint density at radius 1 is 1.42 bits per heavy atom. The van der Waals surface area contributed by atoms with Gasteiger partial charge in [0.25, 0.3) is 0 Å². The molecule has 1 amide bonds. The van der Waals surface area contributed by atoms with Crippen LogP contribution >= 0.6 is 0 Å². The SMILES string of the molecule is COc1cccc2c1OC[C@H](C(=O)N(C)Cc1cnc(N)nc1)C2. The molecule has 2 aromatic rings. The molecule has 0 saturated heterocycles. The number of hydrogen-bond donors (Lipinski definition) is 1. The van der Waals surface area contributed by atoms with Gasteiger partial charge in [0.15, 0.2) is 11.5 Å². The Bertz CT molecular complexity index is 733. The molecule has 0 fully saturated rings. The van der Waals surface area contributed by atoms with Gasteiger partial charge in [-0.3, -0.25) is 4.79 Å². The van der Waals surface area contributed by atoms with Crippen molar-refractivity contribution in [1.82, 2.24) is 14.9 Å². The van der Waals surface area contributed by atoms with Gasteiger partial charge >= 0.3 is 0 Å². The van der Waals surface area contributed by atoms with E-state index in [0.29, 0.717) is 25.3 Å².